The number of carbonyl (C=O) groups is 2. The zero-order valence-corrected chi connectivity index (χ0v) is 20.4. The zero-order chi connectivity index (χ0) is 21.7. The second-order valence-electron chi connectivity index (χ2n) is 7.60. The van der Waals surface area contributed by atoms with Crippen LogP contribution >= 0.6 is 31.9 Å². The third-order valence-corrected chi connectivity index (χ3v) is 6.41. The number of rotatable bonds is 6. The second kappa shape index (κ2) is 10.4. The molecule has 2 aromatic carbocycles. The number of nitrogens with zero attached hydrogens (tertiary/aromatic N) is 1. The highest BCUT2D eigenvalue weighted by Crippen LogP contribution is 2.32. The normalized spacial score (nSPS) is 14.3. The summed E-state index contributed by atoms with van der Waals surface area (Å²) in [5.41, 5.74) is 1.99. The fraction of sp³-hybridized carbons (Fsp3) is 0.391. The molecule has 1 N–H and O–H groups in total. The summed E-state index contributed by atoms with van der Waals surface area (Å²) < 4.78 is 7.50. The van der Waals surface area contributed by atoms with Gasteiger partial charge in [-0.15, -0.1) is 0 Å². The number of amides is 2. The van der Waals surface area contributed by atoms with E-state index in [1.165, 1.54) is 11.3 Å². The summed E-state index contributed by atoms with van der Waals surface area (Å²) in [6, 6.07) is 11.2. The highest BCUT2D eigenvalue weighted by Gasteiger charge is 2.22. The minimum Gasteiger partial charge on any atom is -0.482 e. The monoisotopic (exact) mass is 536 g/mol. The third kappa shape index (κ3) is 5.64. The number of carbonyl (C=O) groups excluding carboxylic acids is 2. The lowest BCUT2D eigenvalue weighted by Crippen LogP contribution is -2.38. The van der Waals surface area contributed by atoms with E-state index in [1.54, 1.807) is 19.2 Å². The van der Waals surface area contributed by atoms with Crippen LogP contribution < -0.4 is 15.0 Å². The Morgan fingerprint density at radius 2 is 1.83 bits per heavy atom. The number of hydrogen-bond donors (Lipinski definition) is 1. The van der Waals surface area contributed by atoms with Gasteiger partial charge in [0.05, 0.1) is 15.7 Å². The van der Waals surface area contributed by atoms with Gasteiger partial charge in [-0.1, -0.05) is 47.3 Å². The average molecular weight is 538 g/mol. The summed E-state index contributed by atoms with van der Waals surface area (Å²) in [5, 5.41) is 3.13. The minimum atomic E-state index is -0.234. The number of benzene rings is 2. The van der Waals surface area contributed by atoms with Crippen molar-refractivity contribution in [2.24, 2.45) is 0 Å². The molecule has 5 nitrogen and oxygen atoms in total. The van der Waals surface area contributed by atoms with Gasteiger partial charge in [0.25, 0.3) is 11.8 Å². The lowest BCUT2D eigenvalue weighted by molar-refractivity contribution is -0.120. The lowest BCUT2D eigenvalue weighted by atomic mass is 9.95. The van der Waals surface area contributed by atoms with Crippen molar-refractivity contribution in [3.05, 3.63) is 56.5 Å². The first-order chi connectivity index (χ1) is 14.4. The van der Waals surface area contributed by atoms with Crippen LogP contribution in [0.25, 0.3) is 0 Å². The number of para-hydroxylation sites is 1. The van der Waals surface area contributed by atoms with Gasteiger partial charge in [0.15, 0.2) is 6.61 Å². The molecular weight excluding hydrogens is 512 g/mol. The van der Waals surface area contributed by atoms with Crippen LogP contribution in [0.1, 0.15) is 48.0 Å². The van der Waals surface area contributed by atoms with Crippen molar-refractivity contribution in [1.29, 1.82) is 0 Å². The summed E-state index contributed by atoms with van der Waals surface area (Å²) in [4.78, 5) is 27.2. The largest absolute Gasteiger partial charge is 0.482 e. The SMILES string of the molecule is Cc1cc(Br)cc(Br)c1OCC(=O)N(C)c1ccccc1C(=O)NC1CCCCC1. The second-order valence-corrected chi connectivity index (χ2v) is 9.37. The number of ether oxygens (including phenoxy) is 1. The van der Waals surface area contributed by atoms with Gasteiger partial charge in [0.2, 0.25) is 0 Å². The van der Waals surface area contributed by atoms with Gasteiger partial charge in [0, 0.05) is 17.6 Å². The molecule has 30 heavy (non-hydrogen) atoms. The van der Waals surface area contributed by atoms with Crippen LogP contribution in [0.2, 0.25) is 0 Å². The molecule has 7 heteroatoms. The van der Waals surface area contributed by atoms with Gasteiger partial charge in [-0.2, -0.15) is 0 Å². The molecule has 2 amide bonds. The highest BCUT2D eigenvalue weighted by atomic mass is 79.9. The summed E-state index contributed by atoms with van der Waals surface area (Å²) in [6.45, 7) is 1.79. The van der Waals surface area contributed by atoms with Crippen molar-refractivity contribution >= 4 is 49.4 Å². The zero-order valence-electron chi connectivity index (χ0n) is 17.2. The maximum atomic E-state index is 12.9. The molecule has 0 heterocycles. The maximum Gasteiger partial charge on any atom is 0.264 e. The molecule has 0 aliphatic heterocycles. The van der Waals surface area contributed by atoms with E-state index in [0.717, 1.165) is 40.2 Å². The maximum absolute atomic E-state index is 12.9. The van der Waals surface area contributed by atoms with Gasteiger partial charge in [-0.3, -0.25) is 9.59 Å². The summed E-state index contributed by atoms with van der Waals surface area (Å²) in [7, 11) is 1.67. The average Bonchev–Trinajstić information content (AvgIpc) is 2.73. The number of halogens is 2. The highest BCUT2D eigenvalue weighted by molar-refractivity contribution is 9.11. The van der Waals surface area contributed by atoms with Crippen LogP contribution in [0.3, 0.4) is 0 Å². The summed E-state index contributed by atoms with van der Waals surface area (Å²) in [5.74, 6) is 0.259. The Hall–Kier alpha value is -1.86. The van der Waals surface area contributed by atoms with Crippen molar-refractivity contribution in [1.82, 2.24) is 5.32 Å². The fourth-order valence-electron chi connectivity index (χ4n) is 3.71. The topological polar surface area (TPSA) is 58.6 Å². The molecule has 1 aliphatic carbocycles. The van der Waals surface area contributed by atoms with E-state index in [0.29, 0.717) is 17.0 Å². The van der Waals surface area contributed by atoms with Gasteiger partial charge in [-0.05, 0) is 65.5 Å². The van der Waals surface area contributed by atoms with Crippen LogP contribution in [-0.4, -0.2) is 31.5 Å². The molecule has 0 bridgehead atoms. The number of likely N-dealkylation sites (N-methyl/N-ethyl adjacent to an activating group) is 1. The molecule has 3 rings (SSSR count). The van der Waals surface area contributed by atoms with Crippen LogP contribution in [-0.2, 0) is 4.79 Å². The first-order valence-electron chi connectivity index (χ1n) is 10.1. The van der Waals surface area contributed by atoms with Gasteiger partial charge < -0.3 is 15.0 Å². The van der Waals surface area contributed by atoms with E-state index in [4.69, 9.17) is 4.74 Å². The first kappa shape index (κ1) is 22.8. The van der Waals surface area contributed by atoms with Gasteiger partial charge >= 0.3 is 0 Å². The third-order valence-electron chi connectivity index (χ3n) is 5.36. The molecule has 0 aromatic heterocycles. The van der Waals surface area contributed by atoms with Crippen molar-refractivity contribution in [2.75, 3.05) is 18.6 Å². The van der Waals surface area contributed by atoms with E-state index in [2.05, 4.69) is 37.2 Å². The minimum absolute atomic E-state index is 0.129. The van der Waals surface area contributed by atoms with Crippen LogP contribution in [0, 0.1) is 6.92 Å². The molecule has 1 saturated carbocycles. The van der Waals surface area contributed by atoms with E-state index >= 15 is 0 Å². The van der Waals surface area contributed by atoms with Crippen LogP contribution in [0.4, 0.5) is 5.69 Å². The lowest BCUT2D eigenvalue weighted by Gasteiger charge is -2.25. The molecule has 0 saturated heterocycles. The molecule has 1 aliphatic rings. The predicted octanol–water partition coefficient (Wildman–Crippen LogP) is 5.62. The number of anilines is 1. The molecule has 0 atom stereocenters. The standard InChI is InChI=1S/C23H26Br2N2O3/c1-15-12-16(24)13-19(25)22(15)30-14-21(28)27(2)20-11-7-6-10-18(20)23(29)26-17-8-4-3-5-9-17/h6-7,10-13,17H,3-5,8-9,14H2,1-2H3,(H,26,29). The van der Waals surface area contributed by atoms with Crippen LogP contribution in [0.5, 0.6) is 5.75 Å². The van der Waals surface area contributed by atoms with Gasteiger partial charge in [0.1, 0.15) is 5.75 Å². The number of hydrogen-bond acceptors (Lipinski definition) is 3. The first-order valence-corrected chi connectivity index (χ1v) is 11.7. The van der Waals surface area contributed by atoms with E-state index in [9.17, 15) is 9.59 Å². The van der Waals surface area contributed by atoms with Crippen molar-refractivity contribution < 1.29 is 14.3 Å². The Kier molecular flexibility index (Phi) is 7.94. The Labute approximate surface area is 194 Å². The fourth-order valence-corrected chi connectivity index (χ4v) is 5.26. The van der Waals surface area contributed by atoms with Crippen molar-refractivity contribution in [3.8, 4) is 5.75 Å². The molecule has 160 valence electrons. The molecule has 1 fully saturated rings. The molecule has 0 spiro atoms. The van der Waals surface area contributed by atoms with Gasteiger partial charge in [-0.25, -0.2) is 0 Å². The molecule has 0 unspecified atom stereocenters. The summed E-state index contributed by atoms with van der Waals surface area (Å²) >= 11 is 6.91. The quantitative estimate of drug-likeness (QED) is 0.520. The van der Waals surface area contributed by atoms with E-state index < -0.39 is 0 Å². The Morgan fingerprint density at radius 3 is 2.53 bits per heavy atom. The number of aryl methyl sites for hydroxylation is 1. The van der Waals surface area contributed by atoms with Crippen molar-refractivity contribution in [2.45, 2.75) is 45.1 Å². The Bertz CT molecular complexity index is 903. The molecule has 2 aromatic rings. The molecular formula is C23H26Br2N2O3. The van der Waals surface area contributed by atoms with Crippen molar-refractivity contribution in [3.63, 3.8) is 0 Å². The predicted molar refractivity (Wildman–Crippen MR) is 126 cm³/mol. The van der Waals surface area contributed by atoms with E-state index in [1.807, 2.05) is 31.2 Å². The summed E-state index contributed by atoms with van der Waals surface area (Å²) in [6.07, 6.45) is 5.55. The molecule has 0 radical (unpaired) electrons. The van der Waals surface area contributed by atoms with E-state index in [-0.39, 0.29) is 24.5 Å². The Morgan fingerprint density at radius 1 is 1.13 bits per heavy atom. The smallest absolute Gasteiger partial charge is 0.264 e. The Balaban J connectivity index is 1.69. The van der Waals surface area contributed by atoms with Crippen LogP contribution in [0.15, 0.2) is 45.3 Å². The number of nitrogens with one attached hydrogen (secondary N) is 1.